The number of carbonyl (C=O) groups excluding carboxylic acids is 1. The topological polar surface area (TPSA) is 37.3 Å². The van der Waals surface area contributed by atoms with Gasteiger partial charge in [0.05, 0.1) is 6.10 Å². The van der Waals surface area contributed by atoms with Gasteiger partial charge in [0.2, 0.25) is 0 Å². The predicted octanol–water partition coefficient (Wildman–Crippen LogP) is 1.76. The van der Waals surface area contributed by atoms with Crippen LogP contribution in [0.15, 0.2) is 0 Å². The molecular weight excluding hydrogens is 140 g/mol. The van der Waals surface area contributed by atoms with Gasteiger partial charge in [-0.25, -0.2) is 0 Å². The Balaban J connectivity index is 3.57. The molecule has 0 saturated carbocycles. The van der Waals surface area contributed by atoms with E-state index in [0.29, 0.717) is 12.8 Å². The van der Waals surface area contributed by atoms with Gasteiger partial charge in [-0.15, -0.1) is 0 Å². The fourth-order valence-corrected chi connectivity index (χ4v) is 0.911. The normalized spacial score (nSPS) is 16.0. The van der Waals surface area contributed by atoms with Crippen molar-refractivity contribution in [3.05, 3.63) is 0 Å². The molecule has 0 heterocycles. The Morgan fingerprint density at radius 3 is 2.36 bits per heavy atom. The summed E-state index contributed by atoms with van der Waals surface area (Å²) < 4.78 is 0. The number of hydrogen-bond acceptors (Lipinski definition) is 2. The van der Waals surface area contributed by atoms with Gasteiger partial charge in [0.15, 0.2) is 0 Å². The highest BCUT2D eigenvalue weighted by molar-refractivity contribution is 5.78. The van der Waals surface area contributed by atoms with Gasteiger partial charge in [-0.05, 0) is 19.3 Å². The van der Waals surface area contributed by atoms with Crippen LogP contribution < -0.4 is 0 Å². The van der Waals surface area contributed by atoms with Crippen molar-refractivity contribution in [2.45, 2.75) is 46.1 Å². The van der Waals surface area contributed by atoms with Crippen LogP contribution in [0.2, 0.25) is 0 Å². The lowest BCUT2D eigenvalue weighted by Crippen LogP contribution is -2.16. The zero-order valence-electron chi connectivity index (χ0n) is 7.63. The molecule has 2 unspecified atom stereocenters. The van der Waals surface area contributed by atoms with Crippen LogP contribution >= 0.6 is 0 Å². The van der Waals surface area contributed by atoms with Crippen molar-refractivity contribution in [1.82, 2.24) is 0 Å². The molecule has 2 atom stereocenters. The fraction of sp³-hybridized carbons (Fsp3) is 0.889. The van der Waals surface area contributed by atoms with E-state index in [1.54, 1.807) is 6.92 Å². The standard InChI is InChI=1S/C9H18O2/c1-4-5-9(11)6-7(2)8(3)10/h7-8,10H,4-6H2,1-3H3. The summed E-state index contributed by atoms with van der Waals surface area (Å²) in [7, 11) is 0. The van der Waals surface area contributed by atoms with Crippen molar-refractivity contribution in [3.8, 4) is 0 Å². The molecule has 0 aromatic carbocycles. The van der Waals surface area contributed by atoms with E-state index >= 15 is 0 Å². The molecule has 0 radical (unpaired) electrons. The lowest BCUT2D eigenvalue weighted by atomic mass is 9.98. The maximum Gasteiger partial charge on any atom is 0.133 e. The monoisotopic (exact) mass is 158 g/mol. The highest BCUT2D eigenvalue weighted by Crippen LogP contribution is 2.09. The zero-order chi connectivity index (χ0) is 8.85. The summed E-state index contributed by atoms with van der Waals surface area (Å²) in [6, 6.07) is 0. The summed E-state index contributed by atoms with van der Waals surface area (Å²) in [5.41, 5.74) is 0. The second kappa shape index (κ2) is 5.30. The molecule has 2 heteroatoms. The SMILES string of the molecule is CCCC(=O)CC(C)C(C)O. The molecule has 0 aromatic heterocycles. The third kappa shape index (κ3) is 4.96. The molecule has 1 N–H and O–H groups in total. The van der Waals surface area contributed by atoms with E-state index in [1.165, 1.54) is 0 Å². The van der Waals surface area contributed by atoms with Gasteiger partial charge in [-0.2, -0.15) is 0 Å². The van der Waals surface area contributed by atoms with E-state index in [9.17, 15) is 4.79 Å². The number of ketones is 1. The first-order valence-corrected chi connectivity index (χ1v) is 4.27. The molecule has 0 amide bonds. The second-order valence-corrected chi connectivity index (χ2v) is 3.21. The summed E-state index contributed by atoms with van der Waals surface area (Å²) in [4.78, 5) is 11.0. The summed E-state index contributed by atoms with van der Waals surface area (Å²) in [6.07, 6.45) is 1.71. The maximum atomic E-state index is 11.0. The molecule has 0 saturated heterocycles. The third-order valence-electron chi connectivity index (χ3n) is 1.90. The van der Waals surface area contributed by atoms with Gasteiger partial charge in [-0.1, -0.05) is 13.8 Å². The zero-order valence-corrected chi connectivity index (χ0v) is 7.63. The largest absolute Gasteiger partial charge is 0.393 e. The molecule has 0 aliphatic heterocycles. The molecule has 0 fully saturated rings. The molecule has 0 bridgehead atoms. The highest BCUT2D eigenvalue weighted by atomic mass is 16.3. The maximum absolute atomic E-state index is 11.0. The fourth-order valence-electron chi connectivity index (χ4n) is 0.911. The lowest BCUT2D eigenvalue weighted by Gasteiger charge is -2.12. The van der Waals surface area contributed by atoms with Crippen molar-refractivity contribution in [1.29, 1.82) is 0 Å². The Bertz CT molecular complexity index is 119. The number of aliphatic hydroxyl groups excluding tert-OH is 1. The van der Waals surface area contributed by atoms with Crippen LogP contribution in [0.3, 0.4) is 0 Å². The van der Waals surface area contributed by atoms with E-state index < -0.39 is 0 Å². The van der Waals surface area contributed by atoms with Gasteiger partial charge in [0, 0.05) is 12.8 Å². The Labute approximate surface area is 68.6 Å². The average molecular weight is 158 g/mol. The van der Waals surface area contributed by atoms with Crippen molar-refractivity contribution < 1.29 is 9.90 Å². The Hall–Kier alpha value is -0.370. The minimum absolute atomic E-state index is 0.106. The molecule has 0 aliphatic carbocycles. The summed E-state index contributed by atoms with van der Waals surface area (Å²) in [6.45, 7) is 5.62. The lowest BCUT2D eigenvalue weighted by molar-refractivity contribution is -0.120. The van der Waals surface area contributed by atoms with Crippen LogP contribution in [0.1, 0.15) is 40.0 Å². The van der Waals surface area contributed by atoms with Crippen LogP contribution in [-0.2, 0) is 4.79 Å². The quantitative estimate of drug-likeness (QED) is 0.662. The highest BCUT2D eigenvalue weighted by Gasteiger charge is 2.12. The first-order valence-electron chi connectivity index (χ1n) is 4.27. The number of aliphatic hydroxyl groups is 1. The van der Waals surface area contributed by atoms with E-state index in [2.05, 4.69) is 0 Å². The number of rotatable bonds is 5. The Kier molecular flexibility index (Phi) is 5.12. The number of Topliss-reactive ketones (excluding diaryl/α,β-unsaturated/α-hetero) is 1. The second-order valence-electron chi connectivity index (χ2n) is 3.21. The van der Waals surface area contributed by atoms with Crippen molar-refractivity contribution >= 4 is 5.78 Å². The van der Waals surface area contributed by atoms with Crippen LogP contribution in [-0.4, -0.2) is 17.0 Å². The van der Waals surface area contributed by atoms with Crippen LogP contribution in [0.5, 0.6) is 0 Å². The first-order chi connectivity index (χ1) is 5.07. The molecule has 2 nitrogen and oxygen atoms in total. The first kappa shape index (κ1) is 10.6. The van der Waals surface area contributed by atoms with Crippen molar-refractivity contribution in [2.75, 3.05) is 0 Å². The van der Waals surface area contributed by atoms with Gasteiger partial charge in [-0.3, -0.25) is 4.79 Å². The van der Waals surface area contributed by atoms with Crippen molar-refractivity contribution in [2.24, 2.45) is 5.92 Å². The average Bonchev–Trinajstić information content (AvgIpc) is 1.87. The molecule has 0 aliphatic rings. The Morgan fingerprint density at radius 1 is 1.45 bits per heavy atom. The Morgan fingerprint density at radius 2 is 2.00 bits per heavy atom. The van der Waals surface area contributed by atoms with Crippen LogP contribution in [0, 0.1) is 5.92 Å². The van der Waals surface area contributed by atoms with E-state index in [0.717, 1.165) is 6.42 Å². The molecule has 11 heavy (non-hydrogen) atoms. The molecule has 0 rings (SSSR count). The van der Waals surface area contributed by atoms with E-state index in [1.807, 2.05) is 13.8 Å². The van der Waals surface area contributed by atoms with Crippen LogP contribution in [0.25, 0.3) is 0 Å². The van der Waals surface area contributed by atoms with E-state index in [-0.39, 0.29) is 17.8 Å². The summed E-state index contributed by atoms with van der Waals surface area (Å²) in [5.74, 6) is 0.370. The summed E-state index contributed by atoms with van der Waals surface area (Å²) >= 11 is 0. The van der Waals surface area contributed by atoms with Gasteiger partial charge >= 0.3 is 0 Å². The van der Waals surface area contributed by atoms with Crippen LogP contribution in [0.4, 0.5) is 0 Å². The number of carbonyl (C=O) groups is 1. The minimum Gasteiger partial charge on any atom is -0.393 e. The smallest absolute Gasteiger partial charge is 0.133 e. The molecule has 0 spiro atoms. The van der Waals surface area contributed by atoms with Gasteiger partial charge in [0.1, 0.15) is 5.78 Å². The molecular formula is C9H18O2. The van der Waals surface area contributed by atoms with E-state index in [4.69, 9.17) is 5.11 Å². The minimum atomic E-state index is -0.365. The third-order valence-corrected chi connectivity index (χ3v) is 1.90. The van der Waals surface area contributed by atoms with Gasteiger partial charge < -0.3 is 5.11 Å². The predicted molar refractivity (Wildman–Crippen MR) is 45.4 cm³/mol. The molecule has 0 aromatic rings. The van der Waals surface area contributed by atoms with Gasteiger partial charge in [0.25, 0.3) is 0 Å². The number of hydrogen-bond donors (Lipinski definition) is 1. The van der Waals surface area contributed by atoms with Crippen molar-refractivity contribution in [3.63, 3.8) is 0 Å². The summed E-state index contributed by atoms with van der Waals surface area (Å²) in [5, 5.41) is 9.09. The molecule has 66 valence electrons.